The zero-order chi connectivity index (χ0) is 19.8. The van der Waals surface area contributed by atoms with Gasteiger partial charge in [0.05, 0.1) is 12.5 Å². The van der Waals surface area contributed by atoms with Gasteiger partial charge in [0.1, 0.15) is 17.8 Å². The number of benzene rings is 1. The van der Waals surface area contributed by atoms with Crippen LogP contribution in [-0.4, -0.2) is 33.3 Å². The Bertz CT molecular complexity index is 1110. The lowest BCUT2D eigenvalue weighted by Crippen LogP contribution is -2.31. The van der Waals surface area contributed by atoms with E-state index < -0.39 is 0 Å². The van der Waals surface area contributed by atoms with E-state index in [1.807, 2.05) is 23.6 Å². The predicted molar refractivity (Wildman–Crippen MR) is 108 cm³/mol. The second-order valence-electron chi connectivity index (χ2n) is 7.20. The molecule has 0 fully saturated rings. The summed E-state index contributed by atoms with van der Waals surface area (Å²) in [4.78, 5) is 23.3. The van der Waals surface area contributed by atoms with Crippen molar-refractivity contribution in [1.82, 2.24) is 14.5 Å². The van der Waals surface area contributed by atoms with Crippen molar-refractivity contribution in [2.24, 2.45) is 0 Å². The van der Waals surface area contributed by atoms with Gasteiger partial charge in [0.15, 0.2) is 11.5 Å². The van der Waals surface area contributed by atoms with Gasteiger partial charge < -0.3 is 19.3 Å². The second kappa shape index (κ2) is 7.14. The number of pyridine rings is 1. The van der Waals surface area contributed by atoms with Gasteiger partial charge in [-0.05, 0) is 54.7 Å². The fraction of sp³-hybridized carbons (Fsp3) is 0.381. The molecule has 3 aromatic rings. The van der Waals surface area contributed by atoms with Crippen LogP contribution in [0.3, 0.4) is 0 Å². The van der Waals surface area contributed by atoms with Crippen molar-refractivity contribution >= 4 is 16.9 Å². The Hall–Kier alpha value is -3.09. The molecular weight excluding hydrogens is 356 g/mol. The summed E-state index contributed by atoms with van der Waals surface area (Å²) < 4.78 is 7.21. The van der Waals surface area contributed by atoms with E-state index in [9.17, 15) is 9.90 Å². The monoisotopic (exact) mass is 380 g/mol. The van der Waals surface area contributed by atoms with Crippen molar-refractivity contribution in [3.63, 3.8) is 0 Å². The van der Waals surface area contributed by atoms with Crippen LogP contribution in [0.2, 0.25) is 0 Å². The van der Waals surface area contributed by atoms with Crippen molar-refractivity contribution in [2.75, 3.05) is 18.6 Å². The summed E-state index contributed by atoms with van der Waals surface area (Å²) in [7, 11) is 1.55. The van der Waals surface area contributed by atoms with Gasteiger partial charge in [-0.3, -0.25) is 4.79 Å². The highest BCUT2D eigenvalue weighted by atomic mass is 16.5. The molecule has 3 heterocycles. The molecular formula is C21H24N4O3. The van der Waals surface area contributed by atoms with Crippen LogP contribution in [0.25, 0.3) is 11.0 Å². The summed E-state index contributed by atoms with van der Waals surface area (Å²) in [6.45, 7) is 6.25. The Kier molecular flexibility index (Phi) is 4.66. The topological polar surface area (TPSA) is 80.5 Å². The molecule has 7 nitrogen and oxygen atoms in total. The third kappa shape index (κ3) is 3.06. The highest BCUT2D eigenvalue weighted by Gasteiger charge is 2.21. The Morgan fingerprint density at radius 2 is 2.07 bits per heavy atom. The summed E-state index contributed by atoms with van der Waals surface area (Å²) in [6, 6.07) is 5.64. The third-order valence-corrected chi connectivity index (χ3v) is 5.29. The van der Waals surface area contributed by atoms with E-state index in [1.165, 1.54) is 0 Å². The number of phenols is 1. The predicted octanol–water partition coefficient (Wildman–Crippen LogP) is 2.79. The number of ether oxygens (including phenoxy) is 1. The number of anilines is 1. The van der Waals surface area contributed by atoms with Crippen LogP contribution in [0.15, 0.2) is 29.3 Å². The molecule has 0 amide bonds. The molecule has 0 unspecified atom stereocenters. The fourth-order valence-electron chi connectivity index (χ4n) is 3.85. The van der Waals surface area contributed by atoms with Crippen molar-refractivity contribution < 1.29 is 9.84 Å². The molecule has 146 valence electrons. The first-order valence-corrected chi connectivity index (χ1v) is 9.52. The van der Waals surface area contributed by atoms with Crippen LogP contribution < -0.4 is 15.2 Å². The van der Waals surface area contributed by atoms with Gasteiger partial charge in [-0.25, -0.2) is 4.98 Å². The molecule has 28 heavy (non-hydrogen) atoms. The lowest BCUT2D eigenvalue weighted by Gasteiger charge is -2.30. The minimum absolute atomic E-state index is 0.172. The van der Waals surface area contributed by atoms with Crippen LogP contribution in [0, 0.1) is 6.92 Å². The molecule has 2 aromatic heterocycles. The molecule has 0 radical (unpaired) electrons. The number of hydrogen-bond acceptors (Lipinski definition) is 6. The Morgan fingerprint density at radius 3 is 2.82 bits per heavy atom. The number of methoxy groups -OCH3 is 1. The number of aryl methyl sites for hydroxylation is 2. The quantitative estimate of drug-likeness (QED) is 0.750. The zero-order valence-corrected chi connectivity index (χ0v) is 16.4. The Labute approximate surface area is 163 Å². The summed E-state index contributed by atoms with van der Waals surface area (Å²) in [5.41, 5.74) is 3.58. The fourth-order valence-corrected chi connectivity index (χ4v) is 3.85. The van der Waals surface area contributed by atoms with E-state index in [0.717, 1.165) is 48.4 Å². The second-order valence-corrected chi connectivity index (χ2v) is 7.20. The summed E-state index contributed by atoms with van der Waals surface area (Å²) >= 11 is 0. The van der Waals surface area contributed by atoms with E-state index in [0.29, 0.717) is 23.3 Å². The molecule has 0 spiro atoms. The molecule has 0 atom stereocenters. The SMILES string of the molecule is CCCn1cnc(=O)c2c(C)cc(N3CCc4cc(O)c(OC)cc4C3)nc21. The number of aromatic hydroxyl groups is 1. The van der Waals surface area contributed by atoms with Gasteiger partial charge in [-0.15, -0.1) is 0 Å². The lowest BCUT2D eigenvalue weighted by molar-refractivity contribution is 0.372. The minimum atomic E-state index is -0.233. The molecule has 1 aliphatic rings. The molecule has 1 aliphatic heterocycles. The first-order chi connectivity index (χ1) is 13.5. The number of hydrogen-bond donors (Lipinski definition) is 1. The highest BCUT2D eigenvalue weighted by molar-refractivity contribution is 5.80. The van der Waals surface area contributed by atoms with Gasteiger partial charge in [0.25, 0.3) is 5.56 Å². The average molecular weight is 380 g/mol. The van der Waals surface area contributed by atoms with E-state index >= 15 is 0 Å². The molecule has 0 saturated carbocycles. The van der Waals surface area contributed by atoms with Gasteiger partial charge in [0, 0.05) is 19.6 Å². The molecule has 4 rings (SSSR count). The number of rotatable bonds is 4. The molecule has 0 bridgehead atoms. The molecule has 0 aliphatic carbocycles. The smallest absolute Gasteiger partial charge is 0.282 e. The summed E-state index contributed by atoms with van der Waals surface area (Å²) in [5, 5.41) is 10.6. The van der Waals surface area contributed by atoms with Gasteiger partial charge in [-0.2, -0.15) is 4.98 Å². The standard InChI is InChI=1S/C21H24N4O3/c1-4-6-25-12-22-21(27)19-13(2)8-18(23-20(19)25)24-7-5-14-9-16(26)17(28-3)10-15(14)11-24/h8-10,12,26H,4-7,11H2,1-3H3. The van der Waals surface area contributed by atoms with Crippen LogP contribution >= 0.6 is 0 Å². The molecule has 7 heteroatoms. The zero-order valence-electron chi connectivity index (χ0n) is 16.4. The van der Waals surface area contributed by atoms with Crippen molar-refractivity contribution in [3.8, 4) is 11.5 Å². The van der Waals surface area contributed by atoms with Crippen molar-refractivity contribution in [3.05, 3.63) is 51.6 Å². The van der Waals surface area contributed by atoms with Crippen LogP contribution in [0.4, 0.5) is 5.82 Å². The van der Waals surface area contributed by atoms with Gasteiger partial charge >= 0.3 is 0 Å². The largest absolute Gasteiger partial charge is 0.504 e. The molecule has 1 N–H and O–H groups in total. The maximum absolute atomic E-state index is 12.3. The van der Waals surface area contributed by atoms with E-state index in [4.69, 9.17) is 9.72 Å². The highest BCUT2D eigenvalue weighted by Crippen LogP contribution is 2.33. The van der Waals surface area contributed by atoms with Crippen LogP contribution in [-0.2, 0) is 19.5 Å². The Morgan fingerprint density at radius 1 is 1.25 bits per heavy atom. The normalized spacial score (nSPS) is 13.6. The Balaban J connectivity index is 1.78. The third-order valence-electron chi connectivity index (χ3n) is 5.29. The number of aromatic nitrogens is 3. The van der Waals surface area contributed by atoms with Gasteiger partial charge in [-0.1, -0.05) is 6.92 Å². The van der Waals surface area contributed by atoms with Crippen LogP contribution in [0.5, 0.6) is 11.5 Å². The maximum Gasteiger partial charge on any atom is 0.282 e. The van der Waals surface area contributed by atoms with E-state index in [2.05, 4.69) is 16.8 Å². The summed E-state index contributed by atoms with van der Waals surface area (Å²) in [6.07, 6.45) is 3.33. The van der Waals surface area contributed by atoms with Crippen LogP contribution in [0.1, 0.15) is 30.0 Å². The minimum Gasteiger partial charge on any atom is -0.504 e. The van der Waals surface area contributed by atoms with Crippen molar-refractivity contribution in [1.29, 1.82) is 0 Å². The number of fused-ring (bicyclic) bond motifs is 2. The lowest BCUT2D eigenvalue weighted by atomic mass is 9.98. The van der Waals surface area contributed by atoms with Gasteiger partial charge in [0.2, 0.25) is 0 Å². The molecule has 1 aromatic carbocycles. The molecule has 0 saturated heterocycles. The summed E-state index contributed by atoms with van der Waals surface area (Å²) in [5.74, 6) is 1.50. The number of nitrogens with zero attached hydrogens (tertiary/aromatic N) is 4. The van der Waals surface area contributed by atoms with E-state index in [-0.39, 0.29) is 11.3 Å². The van der Waals surface area contributed by atoms with E-state index in [1.54, 1.807) is 19.5 Å². The first kappa shape index (κ1) is 18.3. The first-order valence-electron chi connectivity index (χ1n) is 9.52. The number of phenolic OH excluding ortho intramolecular Hbond substituents is 1. The average Bonchev–Trinajstić information content (AvgIpc) is 2.69. The van der Waals surface area contributed by atoms with Crippen molar-refractivity contribution in [2.45, 2.75) is 39.8 Å². The maximum atomic E-state index is 12.3.